The topological polar surface area (TPSA) is 69.4 Å². The summed E-state index contributed by atoms with van der Waals surface area (Å²) in [4.78, 5) is 22.0. The lowest BCUT2D eigenvalue weighted by Gasteiger charge is -1.99. The first-order valence-corrected chi connectivity index (χ1v) is 4.82. The zero-order valence-electron chi connectivity index (χ0n) is 9.12. The first kappa shape index (κ1) is 12.7. The summed E-state index contributed by atoms with van der Waals surface area (Å²) in [5, 5.41) is 0. The van der Waals surface area contributed by atoms with Gasteiger partial charge in [0.15, 0.2) is 0 Å². The molecule has 1 aromatic carbocycles. The lowest BCUT2D eigenvalue weighted by atomic mass is 10.1. The summed E-state index contributed by atoms with van der Waals surface area (Å²) in [7, 11) is 0. The average Bonchev–Trinajstić information content (AvgIpc) is 2.26. The standard InChI is InChI=1S/C12H10FNO3/c1-2-17-11(15)6-3-8-7-9(13)4-5-10(8)12(14)16/h4-5,7H,2H2,1H3,(H2,14,16). The van der Waals surface area contributed by atoms with E-state index in [4.69, 9.17) is 5.73 Å². The Kier molecular flexibility index (Phi) is 4.23. The lowest BCUT2D eigenvalue weighted by molar-refractivity contribution is -0.136. The van der Waals surface area contributed by atoms with E-state index < -0.39 is 17.7 Å². The van der Waals surface area contributed by atoms with Crippen LogP contribution in [0, 0.1) is 17.7 Å². The number of amides is 1. The highest BCUT2D eigenvalue weighted by Crippen LogP contribution is 2.09. The van der Waals surface area contributed by atoms with Gasteiger partial charge in [-0.05, 0) is 25.1 Å². The summed E-state index contributed by atoms with van der Waals surface area (Å²) in [5.74, 6) is 2.44. The van der Waals surface area contributed by atoms with E-state index in [0.717, 1.165) is 12.1 Å². The van der Waals surface area contributed by atoms with Gasteiger partial charge in [0.05, 0.1) is 12.2 Å². The minimum Gasteiger partial charge on any atom is -0.456 e. The highest BCUT2D eigenvalue weighted by Gasteiger charge is 2.07. The maximum absolute atomic E-state index is 12.9. The van der Waals surface area contributed by atoms with Crippen LogP contribution in [0.25, 0.3) is 0 Å². The highest BCUT2D eigenvalue weighted by molar-refractivity contribution is 5.96. The summed E-state index contributed by atoms with van der Waals surface area (Å²) in [6.07, 6.45) is 0. The molecule has 0 atom stereocenters. The molecular formula is C12H10FNO3. The first-order chi connectivity index (χ1) is 8.04. The average molecular weight is 235 g/mol. The number of benzene rings is 1. The maximum Gasteiger partial charge on any atom is 0.384 e. The van der Waals surface area contributed by atoms with Crippen molar-refractivity contribution < 1.29 is 18.7 Å². The van der Waals surface area contributed by atoms with Gasteiger partial charge in [-0.25, -0.2) is 9.18 Å². The van der Waals surface area contributed by atoms with Crippen LogP contribution in [0.3, 0.4) is 0 Å². The van der Waals surface area contributed by atoms with Gasteiger partial charge < -0.3 is 10.5 Å². The molecule has 1 rings (SSSR count). The van der Waals surface area contributed by atoms with Crippen LogP contribution in [0.1, 0.15) is 22.8 Å². The molecule has 2 N–H and O–H groups in total. The molecule has 5 heteroatoms. The Morgan fingerprint density at radius 3 is 2.76 bits per heavy atom. The fraction of sp³-hybridized carbons (Fsp3) is 0.167. The number of carbonyl (C=O) groups is 2. The smallest absolute Gasteiger partial charge is 0.384 e. The van der Waals surface area contributed by atoms with E-state index in [2.05, 4.69) is 16.6 Å². The number of hydrogen-bond acceptors (Lipinski definition) is 3. The van der Waals surface area contributed by atoms with E-state index in [1.165, 1.54) is 6.07 Å². The summed E-state index contributed by atoms with van der Waals surface area (Å²) in [5.41, 5.74) is 5.20. The molecule has 4 nitrogen and oxygen atoms in total. The molecule has 0 saturated heterocycles. The number of primary amides is 1. The lowest BCUT2D eigenvalue weighted by Crippen LogP contribution is -2.13. The zero-order chi connectivity index (χ0) is 12.8. The Bertz CT molecular complexity index is 514. The van der Waals surface area contributed by atoms with Crippen LogP contribution < -0.4 is 5.73 Å². The number of carbonyl (C=O) groups excluding carboxylic acids is 2. The van der Waals surface area contributed by atoms with E-state index in [-0.39, 0.29) is 17.7 Å². The molecule has 0 aliphatic heterocycles. The van der Waals surface area contributed by atoms with Gasteiger partial charge in [0.25, 0.3) is 0 Å². The van der Waals surface area contributed by atoms with Gasteiger partial charge in [-0.2, -0.15) is 0 Å². The van der Waals surface area contributed by atoms with Crippen molar-refractivity contribution in [2.24, 2.45) is 5.73 Å². The summed E-state index contributed by atoms with van der Waals surface area (Å²) >= 11 is 0. The molecule has 0 unspecified atom stereocenters. The summed E-state index contributed by atoms with van der Waals surface area (Å²) < 4.78 is 17.5. The van der Waals surface area contributed by atoms with Crippen molar-refractivity contribution in [1.29, 1.82) is 0 Å². The van der Waals surface area contributed by atoms with Gasteiger partial charge in [-0.3, -0.25) is 4.79 Å². The Morgan fingerprint density at radius 1 is 1.47 bits per heavy atom. The molecule has 0 fully saturated rings. The molecular weight excluding hydrogens is 225 g/mol. The number of esters is 1. The van der Waals surface area contributed by atoms with Crippen molar-refractivity contribution in [2.75, 3.05) is 6.61 Å². The SMILES string of the molecule is CCOC(=O)C#Cc1cc(F)ccc1C(N)=O. The van der Waals surface area contributed by atoms with Crippen LogP contribution in [-0.2, 0) is 9.53 Å². The predicted octanol–water partition coefficient (Wildman–Crippen LogP) is 0.839. The van der Waals surface area contributed by atoms with Crippen LogP contribution in [0.5, 0.6) is 0 Å². The minimum atomic E-state index is -0.743. The molecule has 0 aromatic heterocycles. The van der Waals surface area contributed by atoms with Crippen LogP contribution in [0.2, 0.25) is 0 Å². The molecule has 0 saturated carbocycles. The van der Waals surface area contributed by atoms with Gasteiger partial charge in [0.2, 0.25) is 5.91 Å². The number of ether oxygens (including phenoxy) is 1. The molecule has 0 radical (unpaired) electrons. The molecule has 1 aromatic rings. The number of nitrogens with two attached hydrogens (primary N) is 1. The predicted molar refractivity (Wildman–Crippen MR) is 58.4 cm³/mol. The van der Waals surface area contributed by atoms with Crippen LogP contribution in [-0.4, -0.2) is 18.5 Å². The second-order valence-corrected chi connectivity index (χ2v) is 3.02. The van der Waals surface area contributed by atoms with Crippen molar-refractivity contribution in [1.82, 2.24) is 0 Å². The monoisotopic (exact) mass is 235 g/mol. The number of rotatable bonds is 2. The Balaban J connectivity index is 3.08. The Morgan fingerprint density at radius 2 is 2.18 bits per heavy atom. The van der Waals surface area contributed by atoms with Gasteiger partial charge >= 0.3 is 5.97 Å². The molecule has 88 valence electrons. The molecule has 0 heterocycles. The van der Waals surface area contributed by atoms with Crippen molar-refractivity contribution in [3.05, 3.63) is 35.1 Å². The van der Waals surface area contributed by atoms with Crippen molar-refractivity contribution in [3.63, 3.8) is 0 Å². The van der Waals surface area contributed by atoms with E-state index >= 15 is 0 Å². The van der Waals surface area contributed by atoms with Crippen molar-refractivity contribution in [2.45, 2.75) is 6.92 Å². The fourth-order valence-electron chi connectivity index (χ4n) is 1.12. The van der Waals surface area contributed by atoms with Crippen LogP contribution in [0.15, 0.2) is 18.2 Å². The summed E-state index contributed by atoms with van der Waals surface area (Å²) in [6, 6.07) is 3.34. The minimum absolute atomic E-state index is 0.0585. The third-order valence-electron chi connectivity index (χ3n) is 1.82. The second-order valence-electron chi connectivity index (χ2n) is 3.02. The largest absolute Gasteiger partial charge is 0.456 e. The molecule has 0 bridgehead atoms. The van der Waals surface area contributed by atoms with Crippen molar-refractivity contribution >= 4 is 11.9 Å². The quantitative estimate of drug-likeness (QED) is 0.610. The van der Waals surface area contributed by atoms with Gasteiger partial charge in [0.1, 0.15) is 5.82 Å². The Hall–Kier alpha value is -2.35. The van der Waals surface area contributed by atoms with E-state index in [1.807, 2.05) is 0 Å². The number of halogens is 1. The third-order valence-corrected chi connectivity index (χ3v) is 1.82. The second kappa shape index (κ2) is 5.66. The first-order valence-electron chi connectivity index (χ1n) is 4.82. The van der Waals surface area contributed by atoms with Gasteiger partial charge in [-0.1, -0.05) is 5.92 Å². The normalized spacial score (nSPS) is 9.06. The van der Waals surface area contributed by atoms with Crippen molar-refractivity contribution in [3.8, 4) is 11.8 Å². The van der Waals surface area contributed by atoms with Gasteiger partial charge in [0, 0.05) is 11.5 Å². The maximum atomic E-state index is 12.9. The van der Waals surface area contributed by atoms with E-state index in [1.54, 1.807) is 6.92 Å². The van der Waals surface area contributed by atoms with Crippen LogP contribution >= 0.6 is 0 Å². The molecule has 0 aliphatic rings. The third kappa shape index (κ3) is 3.61. The zero-order valence-corrected chi connectivity index (χ0v) is 9.12. The molecule has 0 aliphatic carbocycles. The van der Waals surface area contributed by atoms with Gasteiger partial charge in [-0.15, -0.1) is 0 Å². The molecule has 17 heavy (non-hydrogen) atoms. The fourth-order valence-corrected chi connectivity index (χ4v) is 1.12. The molecule has 0 spiro atoms. The van der Waals surface area contributed by atoms with E-state index in [0.29, 0.717) is 0 Å². The highest BCUT2D eigenvalue weighted by atomic mass is 19.1. The number of hydrogen-bond donors (Lipinski definition) is 1. The van der Waals surface area contributed by atoms with E-state index in [9.17, 15) is 14.0 Å². The van der Waals surface area contributed by atoms with Crippen LogP contribution in [0.4, 0.5) is 4.39 Å². The summed E-state index contributed by atoms with van der Waals surface area (Å²) in [6.45, 7) is 1.83. The molecule has 1 amide bonds. The Labute approximate surface area is 97.6 Å².